The molecule has 0 aliphatic carbocycles. The lowest BCUT2D eigenvalue weighted by atomic mass is 9.73. The zero-order valence-corrected chi connectivity index (χ0v) is 38.1. The van der Waals surface area contributed by atoms with Gasteiger partial charge in [0.1, 0.15) is 42.3 Å². The molecule has 1 aromatic heterocycles. The number of fused-ring (bicyclic) bond motifs is 1. The molecule has 338 valence electrons. The fourth-order valence-corrected chi connectivity index (χ4v) is 9.86. The van der Waals surface area contributed by atoms with E-state index in [0.717, 1.165) is 22.5 Å². The van der Waals surface area contributed by atoms with Gasteiger partial charge in [-0.1, -0.05) is 73.4 Å². The number of ketones is 2. The lowest BCUT2D eigenvalue weighted by Gasteiger charge is -2.47. The summed E-state index contributed by atoms with van der Waals surface area (Å²) < 4.78 is 35.3. The molecule has 0 saturated carbocycles. The van der Waals surface area contributed by atoms with Crippen LogP contribution in [0.1, 0.15) is 93.1 Å². The van der Waals surface area contributed by atoms with Gasteiger partial charge in [-0.3, -0.25) is 14.4 Å². The quantitative estimate of drug-likeness (QED) is 0.195. The van der Waals surface area contributed by atoms with Gasteiger partial charge in [-0.2, -0.15) is 0 Å². The highest BCUT2D eigenvalue weighted by Gasteiger charge is 2.57. The number of nitrogens with zero attached hydrogens (tertiary/aromatic N) is 4. The van der Waals surface area contributed by atoms with Crippen LogP contribution in [0.5, 0.6) is 0 Å². The normalized spacial score (nSPS) is 36.9. The van der Waals surface area contributed by atoms with Gasteiger partial charge in [0.05, 0.1) is 29.6 Å². The van der Waals surface area contributed by atoms with Crippen LogP contribution in [0, 0.1) is 35.5 Å². The van der Waals surface area contributed by atoms with Crippen LogP contribution < -0.4 is 5.32 Å². The Morgan fingerprint density at radius 3 is 2.37 bits per heavy atom. The van der Waals surface area contributed by atoms with E-state index in [1.165, 1.54) is 18.5 Å². The van der Waals surface area contributed by atoms with Crippen LogP contribution in [0.15, 0.2) is 34.8 Å². The van der Waals surface area contributed by atoms with E-state index in [9.17, 15) is 24.3 Å². The van der Waals surface area contributed by atoms with E-state index in [-0.39, 0.29) is 43.5 Å². The number of rotatable bonds is 9. The third-order valence-electron chi connectivity index (χ3n) is 13.0. The van der Waals surface area contributed by atoms with Gasteiger partial charge in [0, 0.05) is 47.6 Å². The highest BCUT2D eigenvalue weighted by molar-refractivity contribution is 7.03. The number of oxime groups is 1. The number of carbonyl (C=O) groups excluding carboxylic acids is 4. The smallest absolute Gasteiger partial charge is 0.408 e. The average molecular weight is 880 g/mol. The van der Waals surface area contributed by atoms with Crippen LogP contribution in [-0.4, -0.2) is 130 Å². The number of likely N-dealkylation sites (N-methyl/N-ethyl adjacent to an activating group) is 1. The first-order valence-electron chi connectivity index (χ1n) is 21.5. The predicted octanol–water partition coefficient (Wildman–Crippen LogP) is 4.95. The number of amides is 1. The van der Waals surface area contributed by atoms with E-state index in [0.29, 0.717) is 19.3 Å². The number of hydrogen-bond donors (Lipinski definition) is 2. The Balaban J connectivity index is 1.27. The summed E-state index contributed by atoms with van der Waals surface area (Å²) in [6.45, 7) is 13.5. The lowest BCUT2D eigenvalue weighted by molar-refractivity contribution is -0.296. The number of Topliss-reactive ketones (excluding diaryl/α,β-unsaturated/α-hetero) is 2. The summed E-state index contributed by atoms with van der Waals surface area (Å²) in [5, 5.41) is 24.7. The predicted molar refractivity (Wildman–Crippen MR) is 229 cm³/mol. The SMILES string of the molecule is CC[C@H]1OC(=O)[C@H](C)C(=O)[C@H](C)[C@@H](O[C@@H]2O[C@H](C)C[C@H](N(C)C)[C@H]2O)[C@](C)(OCC#CC[C@H]2CC(c3ccc(-c4csnn4)cc3)=NO2)C[C@@H](C)C(=O)[C@H](C)[C@H]2NC(=O)O[C@@]21C. The van der Waals surface area contributed by atoms with Gasteiger partial charge in [-0.05, 0) is 78.1 Å². The molecule has 2 aromatic rings. The van der Waals surface area contributed by atoms with Crippen molar-refractivity contribution >= 4 is 40.9 Å². The van der Waals surface area contributed by atoms with Crippen molar-refractivity contribution in [2.45, 2.75) is 148 Å². The van der Waals surface area contributed by atoms with Crippen molar-refractivity contribution in [3.05, 3.63) is 35.2 Å². The molecule has 0 unspecified atom stereocenters. The Hall–Kier alpha value is -4.31. The van der Waals surface area contributed by atoms with Crippen LogP contribution in [-0.2, 0) is 42.9 Å². The largest absolute Gasteiger partial charge is 0.458 e. The van der Waals surface area contributed by atoms with E-state index < -0.39 is 83.4 Å². The van der Waals surface area contributed by atoms with Gasteiger partial charge in [0.2, 0.25) is 0 Å². The molecule has 17 heteroatoms. The zero-order chi connectivity index (χ0) is 45.1. The number of carbonyl (C=O) groups is 4. The summed E-state index contributed by atoms with van der Waals surface area (Å²) in [6.07, 6.45) is -3.98. The number of nitrogens with one attached hydrogen (secondary N) is 1. The Morgan fingerprint density at radius 2 is 1.71 bits per heavy atom. The maximum Gasteiger partial charge on any atom is 0.408 e. The van der Waals surface area contributed by atoms with Gasteiger partial charge in [0.15, 0.2) is 17.7 Å². The summed E-state index contributed by atoms with van der Waals surface area (Å²) in [5.41, 5.74) is 0.690. The summed E-state index contributed by atoms with van der Waals surface area (Å²) in [5.74, 6) is 0.925. The molecule has 4 aliphatic rings. The molecule has 2 N–H and O–H groups in total. The minimum Gasteiger partial charge on any atom is -0.458 e. The van der Waals surface area contributed by atoms with Crippen LogP contribution in [0.2, 0.25) is 0 Å². The van der Waals surface area contributed by atoms with E-state index in [1.54, 1.807) is 41.5 Å². The van der Waals surface area contributed by atoms with Crippen LogP contribution in [0.25, 0.3) is 11.3 Å². The summed E-state index contributed by atoms with van der Waals surface area (Å²) in [4.78, 5) is 63.2. The second-order valence-corrected chi connectivity index (χ2v) is 18.5. The molecule has 0 bridgehead atoms. The second kappa shape index (κ2) is 19.6. The van der Waals surface area contributed by atoms with Crippen molar-refractivity contribution in [3.8, 4) is 23.1 Å². The number of benzene rings is 1. The first-order chi connectivity index (χ1) is 29.4. The number of esters is 1. The van der Waals surface area contributed by atoms with Crippen LogP contribution in [0.4, 0.5) is 4.79 Å². The number of aromatic nitrogens is 2. The van der Waals surface area contributed by atoms with Crippen molar-refractivity contribution in [1.82, 2.24) is 19.8 Å². The highest BCUT2D eigenvalue weighted by atomic mass is 32.1. The Kier molecular flexibility index (Phi) is 14.9. The van der Waals surface area contributed by atoms with Crippen LogP contribution >= 0.6 is 11.5 Å². The number of alkyl carbamates (subject to hydrolysis) is 1. The average Bonchev–Trinajstić information content (AvgIpc) is 4.02. The molecule has 3 saturated heterocycles. The molecular weight excluding hydrogens is 819 g/mol. The fourth-order valence-electron chi connectivity index (χ4n) is 9.40. The van der Waals surface area contributed by atoms with Crippen molar-refractivity contribution in [2.24, 2.45) is 28.8 Å². The minimum absolute atomic E-state index is 0.0462. The number of ether oxygens (including phenoxy) is 5. The maximum atomic E-state index is 14.5. The molecule has 5 heterocycles. The van der Waals surface area contributed by atoms with E-state index in [2.05, 4.69) is 31.9 Å². The third-order valence-corrected chi connectivity index (χ3v) is 13.5. The van der Waals surface area contributed by atoms with Gasteiger partial charge in [-0.25, -0.2) is 4.79 Å². The lowest BCUT2D eigenvalue weighted by Crippen LogP contribution is -2.60. The molecule has 14 atom stereocenters. The van der Waals surface area contributed by atoms with Crippen LogP contribution in [0.3, 0.4) is 0 Å². The monoisotopic (exact) mass is 879 g/mol. The summed E-state index contributed by atoms with van der Waals surface area (Å²) >= 11 is 1.29. The van der Waals surface area contributed by atoms with E-state index in [4.69, 9.17) is 28.5 Å². The zero-order valence-electron chi connectivity index (χ0n) is 37.3. The molecule has 1 aromatic carbocycles. The number of hydrogen-bond acceptors (Lipinski definition) is 16. The van der Waals surface area contributed by atoms with Gasteiger partial charge in [-0.15, -0.1) is 5.10 Å². The minimum atomic E-state index is -1.42. The summed E-state index contributed by atoms with van der Waals surface area (Å²) in [7, 11) is 3.72. The molecule has 4 aliphatic heterocycles. The molecule has 6 rings (SSSR count). The molecule has 16 nitrogen and oxygen atoms in total. The van der Waals surface area contributed by atoms with E-state index in [1.807, 2.05) is 55.6 Å². The van der Waals surface area contributed by atoms with Crippen molar-refractivity contribution < 1.29 is 52.8 Å². The molecule has 62 heavy (non-hydrogen) atoms. The number of cyclic esters (lactones) is 1. The molecular formula is C45H61N5O11S. The molecule has 0 spiro atoms. The summed E-state index contributed by atoms with van der Waals surface area (Å²) in [6, 6.07) is 6.72. The standard InChI is InChI=1S/C45H61N5O11S/c1-11-35-45(8)39(46-43(55)60-45)26(4)36(51)24(2)22-44(7,40(27(5)37(52)28(6)41(54)58-35)59-42-38(53)34(50(9)10)20-25(3)57-42)56-19-13-12-14-31-21-32(48-61-31)29-15-17-30(18-16-29)33-23-62-49-47-33/h15-18,23-28,31,34-35,38-40,42,53H,11,14,19-22H2,1-10H3,(H,46,55)/t24-,25-,26+,27+,28-,31+,34+,35-,38-,39-,40-,42+,44-,45-/m1/s1. The third kappa shape index (κ3) is 10.1. The topological polar surface area (TPSA) is 197 Å². The van der Waals surface area contributed by atoms with Gasteiger partial charge in [0.25, 0.3) is 0 Å². The van der Waals surface area contributed by atoms with Gasteiger partial charge < -0.3 is 43.8 Å². The highest BCUT2D eigenvalue weighted by Crippen LogP contribution is 2.40. The van der Waals surface area contributed by atoms with Crippen molar-refractivity contribution in [3.63, 3.8) is 0 Å². The molecule has 0 radical (unpaired) electrons. The number of aliphatic hydroxyl groups is 1. The Bertz CT molecular complexity index is 2020. The Labute approximate surface area is 367 Å². The number of aliphatic hydroxyl groups excluding tert-OH is 1. The van der Waals surface area contributed by atoms with Crippen molar-refractivity contribution in [1.29, 1.82) is 0 Å². The first-order valence-corrected chi connectivity index (χ1v) is 22.3. The maximum absolute atomic E-state index is 14.5. The van der Waals surface area contributed by atoms with Crippen molar-refractivity contribution in [2.75, 3.05) is 20.7 Å². The second-order valence-electron chi connectivity index (χ2n) is 17.9. The fraction of sp³-hybridized carbons (Fsp3) is 0.667. The molecule has 3 fully saturated rings. The van der Waals surface area contributed by atoms with E-state index >= 15 is 0 Å². The van der Waals surface area contributed by atoms with Gasteiger partial charge >= 0.3 is 12.1 Å². The first kappa shape index (κ1) is 47.2. The Morgan fingerprint density at radius 1 is 1.00 bits per heavy atom. The molecule has 1 amide bonds.